The summed E-state index contributed by atoms with van der Waals surface area (Å²) in [4.78, 5) is 17.8. The maximum Gasteiger partial charge on any atom is 0.266 e. The largest absolute Gasteiger partial charge is 0.319 e. The monoisotopic (exact) mass is 435 g/mol. The minimum Gasteiger partial charge on any atom is -0.319 e. The predicted octanol–water partition coefficient (Wildman–Crippen LogP) is 3.14. The highest BCUT2D eigenvalue weighted by Gasteiger charge is 2.39. The van der Waals surface area contributed by atoms with E-state index < -0.39 is 22.0 Å². The predicted molar refractivity (Wildman–Crippen MR) is 112 cm³/mol. The average Bonchev–Trinajstić information content (AvgIpc) is 3.43. The van der Waals surface area contributed by atoms with Crippen LogP contribution in [0.2, 0.25) is 0 Å². The minimum atomic E-state index is -3.66. The summed E-state index contributed by atoms with van der Waals surface area (Å²) in [5, 5.41) is 1.73. The first-order chi connectivity index (χ1) is 13.4. The summed E-state index contributed by atoms with van der Waals surface area (Å²) in [5.74, 6) is -0.393. The summed E-state index contributed by atoms with van der Waals surface area (Å²) in [5.41, 5.74) is 2.25. The first-order valence-corrected chi connectivity index (χ1v) is 12.3. The second-order valence-corrected chi connectivity index (χ2v) is 10.8. The molecule has 0 aliphatic carbocycles. The van der Waals surface area contributed by atoms with E-state index in [0.717, 1.165) is 16.6 Å². The van der Waals surface area contributed by atoms with Crippen LogP contribution in [0.3, 0.4) is 0 Å². The van der Waals surface area contributed by atoms with Crippen LogP contribution in [0.15, 0.2) is 44.9 Å². The lowest BCUT2D eigenvalue weighted by molar-refractivity contribution is -0.121. The van der Waals surface area contributed by atoms with Crippen LogP contribution in [0.4, 0.5) is 0 Å². The average molecular weight is 436 g/mol. The van der Waals surface area contributed by atoms with E-state index in [1.54, 1.807) is 17.5 Å². The van der Waals surface area contributed by atoms with Crippen LogP contribution in [-0.4, -0.2) is 35.8 Å². The lowest BCUT2D eigenvalue weighted by Crippen LogP contribution is -2.40. The first kappa shape index (κ1) is 19.5. The van der Waals surface area contributed by atoms with Gasteiger partial charge in [0.05, 0.1) is 10.2 Å². The molecule has 0 N–H and O–H groups in total. The zero-order chi connectivity index (χ0) is 19.9. The van der Waals surface area contributed by atoms with Gasteiger partial charge in [0.2, 0.25) is 0 Å². The van der Waals surface area contributed by atoms with Gasteiger partial charge in [-0.2, -0.15) is 9.30 Å². The van der Waals surface area contributed by atoms with Crippen molar-refractivity contribution in [3.05, 3.63) is 46.1 Å². The molecule has 1 atom stereocenters. The van der Waals surface area contributed by atoms with E-state index in [4.69, 9.17) is 0 Å². The molecule has 148 valence electrons. The first-order valence-electron chi connectivity index (χ1n) is 9.14. The number of thiazole rings is 1. The van der Waals surface area contributed by atoms with Gasteiger partial charge in [0.25, 0.3) is 15.9 Å². The fourth-order valence-corrected chi connectivity index (χ4v) is 7.33. The third-order valence-corrected chi connectivity index (χ3v) is 9.41. The molecule has 28 heavy (non-hydrogen) atoms. The van der Waals surface area contributed by atoms with Gasteiger partial charge in [-0.3, -0.25) is 4.79 Å². The molecule has 1 fully saturated rings. The molecule has 0 bridgehead atoms. The van der Waals surface area contributed by atoms with Crippen molar-refractivity contribution < 1.29 is 13.2 Å². The summed E-state index contributed by atoms with van der Waals surface area (Å²) in [6, 6.07) is 8.78. The molecule has 1 aliphatic heterocycles. The topological polar surface area (TPSA) is 71.7 Å². The highest BCUT2D eigenvalue weighted by molar-refractivity contribution is 7.91. The fourth-order valence-electron chi connectivity index (χ4n) is 3.47. The zero-order valence-corrected chi connectivity index (χ0v) is 18.1. The van der Waals surface area contributed by atoms with Crippen LogP contribution < -0.4 is 4.80 Å². The van der Waals surface area contributed by atoms with Crippen LogP contribution in [0.25, 0.3) is 10.2 Å². The normalized spacial score (nSPS) is 18.9. The Morgan fingerprint density at radius 3 is 2.86 bits per heavy atom. The summed E-state index contributed by atoms with van der Waals surface area (Å²) in [6.07, 6.45) is 2.11. The second-order valence-electron chi connectivity index (χ2n) is 6.76. The van der Waals surface area contributed by atoms with E-state index in [9.17, 15) is 13.2 Å². The van der Waals surface area contributed by atoms with Gasteiger partial charge >= 0.3 is 0 Å². The maximum absolute atomic E-state index is 12.9. The number of carbonyl (C=O) groups is 1. The number of benzene rings is 1. The molecular formula is C19H21N3O3S3. The van der Waals surface area contributed by atoms with Crippen molar-refractivity contribution in [1.82, 2.24) is 8.87 Å². The Labute approximate surface area is 171 Å². The number of aromatic nitrogens is 1. The fraction of sp³-hybridized carbons (Fsp3) is 0.368. The molecule has 1 aliphatic rings. The Morgan fingerprint density at radius 2 is 2.14 bits per heavy atom. The SMILES string of the molecule is CCc1ccc2c(c1)sc(=NC(=O)C1CCCN1S(=O)(=O)c1cccs1)n2C. The maximum atomic E-state index is 12.9. The minimum absolute atomic E-state index is 0.270. The molecular weight excluding hydrogens is 414 g/mol. The molecule has 1 aromatic carbocycles. The molecule has 9 heteroatoms. The van der Waals surface area contributed by atoms with Gasteiger partial charge in [-0.1, -0.05) is 30.4 Å². The van der Waals surface area contributed by atoms with Crippen molar-refractivity contribution in [2.75, 3.05) is 6.54 Å². The van der Waals surface area contributed by atoms with E-state index in [0.29, 0.717) is 24.2 Å². The van der Waals surface area contributed by atoms with Gasteiger partial charge in [-0.05, 0) is 48.4 Å². The van der Waals surface area contributed by atoms with E-state index in [2.05, 4.69) is 24.0 Å². The van der Waals surface area contributed by atoms with Crippen LogP contribution in [0.5, 0.6) is 0 Å². The third-order valence-electron chi connectivity index (χ3n) is 5.03. The molecule has 3 heterocycles. The summed E-state index contributed by atoms with van der Waals surface area (Å²) < 4.78 is 30.3. The summed E-state index contributed by atoms with van der Waals surface area (Å²) >= 11 is 2.63. The summed E-state index contributed by atoms with van der Waals surface area (Å²) in [6.45, 7) is 2.46. The highest BCUT2D eigenvalue weighted by Crippen LogP contribution is 2.29. The Bertz CT molecular complexity index is 1190. The molecule has 0 spiro atoms. The van der Waals surface area contributed by atoms with Crippen molar-refractivity contribution in [1.29, 1.82) is 0 Å². The van der Waals surface area contributed by atoms with Gasteiger partial charge in [0, 0.05) is 13.6 Å². The van der Waals surface area contributed by atoms with Crippen molar-refractivity contribution in [3.8, 4) is 0 Å². The molecule has 4 rings (SSSR count). The van der Waals surface area contributed by atoms with Gasteiger partial charge in [0.15, 0.2) is 4.80 Å². The number of hydrogen-bond acceptors (Lipinski definition) is 5. The van der Waals surface area contributed by atoms with E-state index in [1.165, 1.54) is 32.5 Å². The smallest absolute Gasteiger partial charge is 0.266 e. The van der Waals surface area contributed by atoms with Crippen molar-refractivity contribution in [3.63, 3.8) is 0 Å². The Kier molecular flexibility index (Phi) is 5.26. The molecule has 0 radical (unpaired) electrons. The number of amides is 1. The number of fused-ring (bicyclic) bond motifs is 1. The molecule has 6 nitrogen and oxygen atoms in total. The number of nitrogens with zero attached hydrogens (tertiary/aromatic N) is 3. The lowest BCUT2D eigenvalue weighted by atomic mass is 10.2. The Morgan fingerprint density at radius 1 is 1.32 bits per heavy atom. The zero-order valence-electron chi connectivity index (χ0n) is 15.7. The van der Waals surface area contributed by atoms with Crippen molar-refractivity contribution in [2.24, 2.45) is 12.0 Å². The molecule has 1 amide bonds. The highest BCUT2D eigenvalue weighted by atomic mass is 32.2. The molecule has 1 saturated heterocycles. The van der Waals surface area contributed by atoms with Crippen molar-refractivity contribution in [2.45, 2.75) is 36.4 Å². The second kappa shape index (κ2) is 7.55. The lowest BCUT2D eigenvalue weighted by Gasteiger charge is -2.20. The Hall–Kier alpha value is -1.81. The molecule has 3 aromatic rings. The van der Waals surface area contributed by atoms with Gasteiger partial charge in [-0.25, -0.2) is 8.42 Å². The Balaban J connectivity index is 1.69. The molecule has 1 unspecified atom stereocenters. The molecule has 0 saturated carbocycles. The van der Waals surface area contributed by atoms with Crippen LogP contribution in [0.1, 0.15) is 25.3 Å². The van der Waals surface area contributed by atoms with E-state index in [-0.39, 0.29) is 4.21 Å². The van der Waals surface area contributed by atoms with Crippen LogP contribution >= 0.6 is 22.7 Å². The van der Waals surface area contributed by atoms with Crippen LogP contribution in [-0.2, 0) is 28.3 Å². The van der Waals surface area contributed by atoms with Gasteiger partial charge in [0.1, 0.15) is 10.3 Å². The van der Waals surface area contributed by atoms with Gasteiger partial charge in [-0.15, -0.1) is 11.3 Å². The quantitative estimate of drug-likeness (QED) is 0.632. The number of rotatable bonds is 4. The number of sulfonamides is 1. The molecule has 2 aromatic heterocycles. The number of carbonyl (C=O) groups excluding carboxylic acids is 1. The van der Waals surface area contributed by atoms with Gasteiger partial charge < -0.3 is 4.57 Å². The van der Waals surface area contributed by atoms with E-state index in [1.807, 2.05) is 17.7 Å². The van der Waals surface area contributed by atoms with Crippen molar-refractivity contribution >= 4 is 48.8 Å². The number of hydrogen-bond donors (Lipinski definition) is 0. The van der Waals surface area contributed by atoms with E-state index >= 15 is 0 Å². The number of thiophene rings is 1. The van der Waals surface area contributed by atoms with Crippen LogP contribution in [0, 0.1) is 0 Å². The standard InChI is InChI=1S/C19H21N3O3S3/c1-3-13-8-9-14-16(12-13)27-19(21(14)2)20-18(23)15-6-4-10-22(15)28(24,25)17-7-5-11-26-17/h5,7-9,11-12,15H,3-4,6,10H2,1-2H3. The summed E-state index contributed by atoms with van der Waals surface area (Å²) in [7, 11) is -1.78. The third kappa shape index (κ3) is 3.36. The number of aryl methyl sites for hydroxylation is 2.